The van der Waals surface area contributed by atoms with Gasteiger partial charge in [-0.05, 0) is 36.0 Å². The number of amides is 2. The fraction of sp³-hybridized carbons (Fsp3) is 0.111. The Morgan fingerprint density at radius 1 is 1.31 bits per heavy atom. The largest absolute Gasteiger partial charge is 0.468 e. The third kappa shape index (κ3) is 3.38. The third-order valence-corrected chi connectivity index (χ3v) is 4.51. The summed E-state index contributed by atoms with van der Waals surface area (Å²) in [5, 5.41) is 8.62. The van der Waals surface area contributed by atoms with Crippen molar-refractivity contribution in [1.29, 1.82) is 5.26 Å². The van der Waals surface area contributed by atoms with Crippen LogP contribution in [-0.2, 0) is 14.3 Å². The second-order valence-electron chi connectivity index (χ2n) is 5.20. The fourth-order valence-electron chi connectivity index (χ4n) is 2.33. The van der Waals surface area contributed by atoms with E-state index in [0.29, 0.717) is 22.6 Å². The van der Waals surface area contributed by atoms with E-state index in [9.17, 15) is 14.4 Å². The predicted molar refractivity (Wildman–Crippen MR) is 93.6 cm³/mol. The van der Waals surface area contributed by atoms with Crippen LogP contribution < -0.4 is 0 Å². The van der Waals surface area contributed by atoms with E-state index in [1.807, 2.05) is 0 Å². The van der Waals surface area contributed by atoms with Gasteiger partial charge in [0, 0.05) is 11.6 Å². The number of thioether (sulfide) groups is 1. The lowest BCUT2D eigenvalue weighted by Crippen LogP contribution is -2.34. The van der Waals surface area contributed by atoms with Gasteiger partial charge in [-0.2, -0.15) is 5.26 Å². The van der Waals surface area contributed by atoms with E-state index in [0.717, 1.165) is 16.7 Å². The minimum absolute atomic E-state index is 0.147. The molecule has 1 fully saturated rings. The van der Waals surface area contributed by atoms with Gasteiger partial charge in [0.15, 0.2) is 0 Å². The first-order valence-electron chi connectivity index (χ1n) is 7.45. The summed E-state index contributed by atoms with van der Waals surface area (Å²) >= 11 is 0.720. The number of methoxy groups -OCH3 is 1. The number of nitriles is 1. The quantitative estimate of drug-likeness (QED) is 0.604. The van der Waals surface area contributed by atoms with Crippen LogP contribution in [0.25, 0.3) is 17.4 Å². The van der Waals surface area contributed by atoms with E-state index in [2.05, 4.69) is 10.8 Å². The number of imide groups is 1. The molecule has 0 unspecified atom stereocenters. The molecule has 3 rings (SSSR count). The summed E-state index contributed by atoms with van der Waals surface area (Å²) in [6, 6.07) is 12.4. The molecule has 0 aliphatic carbocycles. The Morgan fingerprint density at radius 2 is 2.08 bits per heavy atom. The van der Waals surface area contributed by atoms with Gasteiger partial charge < -0.3 is 9.15 Å². The van der Waals surface area contributed by atoms with Crippen molar-refractivity contribution in [3.63, 3.8) is 0 Å². The summed E-state index contributed by atoms with van der Waals surface area (Å²) in [5.74, 6) is -0.429. The molecule has 0 spiro atoms. The molecule has 8 heteroatoms. The van der Waals surface area contributed by atoms with Crippen LogP contribution in [-0.4, -0.2) is 35.7 Å². The molecule has 2 amide bonds. The van der Waals surface area contributed by atoms with E-state index >= 15 is 0 Å². The lowest BCUT2D eigenvalue weighted by molar-refractivity contribution is -0.143. The molecule has 1 aliphatic heterocycles. The highest BCUT2D eigenvalue weighted by atomic mass is 32.2. The summed E-state index contributed by atoms with van der Waals surface area (Å²) in [6.07, 6.45) is 1.43. The summed E-state index contributed by atoms with van der Waals surface area (Å²) in [5.41, 5.74) is 1.10. The van der Waals surface area contributed by atoms with Crippen molar-refractivity contribution in [2.75, 3.05) is 13.7 Å². The normalized spacial score (nSPS) is 15.4. The number of carbonyl (C=O) groups excluding carboxylic acids is 3. The second-order valence-corrected chi connectivity index (χ2v) is 6.20. The number of esters is 1. The topological polar surface area (TPSA) is 101 Å². The van der Waals surface area contributed by atoms with Crippen molar-refractivity contribution in [3.8, 4) is 17.4 Å². The van der Waals surface area contributed by atoms with Crippen molar-refractivity contribution in [1.82, 2.24) is 4.90 Å². The van der Waals surface area contributed by atoms with Crippen LogP contribution in [0.4, 0.5) is 4.79 Å². The third-order valence-electron chi connectivity index (χ3n) is 3.60. The van der Waals surface area contributed by atoms with Crippen LogP contribution in [0.3, 0.4) is 0 Å². The highest BCUT2D eigenvalue weighted by Crippen LogP contribution is 2.33. The molecule has 26 heavy (non-hydrogen) atoms. The molecule has 0 atom stereocenters. The van der Waals surface area contributed by atoms with Crippen molar-refractivity contribution in [2.45, 2.75) is 0 Å². The molecule has 1 aromatic heterocycles. The lowest BCUT2D eigenvalue weighted by Gasteiger charge is -2.09. The number of ether oxygens (including phenoxy) is 1. The smallest absolute Gasteiger partial charge is 0.325 e. The standard InChI is InChI=1S/C18H12N2O5S/c1-24-16(21)10-20-17(22)15(26-18(20)23)8-12-6-7-14(25-12)13-5-3-2-4-11(13)9-19/h2-8H,10H2,1H3/b15-8+. The van der Waals surface area contributed by atoms with Crippen molar-refractivity contribution >= 4 is 35.0 Å². The maximum absolute atomic E-state index is 12.3. The molecule has 1 saturated heterocycles. The van der Waals surface area contributed by atoms with Gasteiger partial charge in [-0.15, -0.1) is 0 Å². The van der Waals surface area contributed by atoms with Crippen molar-refractivity contribution in [2.24, 2.45) is 0 Å². The number of benzene rings is 1. The van der Waals surface area contributed by atoms with Crippen LogP contribution in [0, 0.1) is 11.3 Å². The van der Waals surface area contributed by atoms with E-state index in [-0.39, 0.29) is 4.91 Å². The van der Waals surface area contributed by atoms with Gasteiger partial charge in [-0.3, -0.25) is 19.3 Å². The zero-order chi connectivity index (χ0) is 18.7. The first kappa shape index (κ1) is 17.5. The fourth-order valence-corrected chi connectivity index (χ4v) is 3.15. The molecule has 0 bridgehead atoms. The van der Waals surface area contributed by atoms with E-state index in [1.54, 1.807) is 36.4 Å². The van der Waals surface area contributed by atoms with Gasteiger partial charge in [0.2, 0.25) is 0 Å². The highest BCUT2D eigenvalue weighted by molar-refractivity contribution is 8.18. The van der Waals surface area contributed by atoms with Crippen LogP contribution in [0.2, 0.25) is 0 Å². The Balaban J connectivity index is 1.85. The molecule has 0 saturated carbocycles. The number of rotatable bonds is 4. The van der Waals surface area contributed by atoms with Gasteiger partial charge >= 0.3 is 5.97 Å². The minimum Gasteiger partial charge on any atom is -0.468 e. The average molecular weight is 368 g/mol. The molecule has 0 N–H and O–H groups in total. The van der Waals surface area contributed by atoms with Gasteiger partial charge in [-0.1, -0.05) is 12.1 Å². The SMILES string of the molecule is COC(=O)CN1C(=O)S/C(=C/c2ccc(-c3ccccc3C#N)o2)C1=O. The number of furan rings is 1. The number of carbonyl (C=O) groups is 3. The Hall–Kier alpha value is -3.31. The molecule has 1 aliphatic rings. The molecule has 7 nitrogen and oxygen atoms in total. The first-order valence-corrected chi connectivity index (χ1v) is 8.26. The Kier molecular flexibility index (Phi) is 4.91. The van der Waals surface area contributed by atoms with Crippen molar-refractivity contribution in [3.05, 3.63) is 52.6 Å². The summed E-state index contributed by atoms with van der Waals surface area (Å²) in [7, 11) is 1.18. The molecular weight excluding hydrogens is 356 g/mol. The maximum atomic E-state index is 12.3. The van der Waals surface area contributed by atoms with Crippen molar-refractivity contribution < 1.29 is 23.5 Å². The summed E-state index contributed by atoms with van der Waals surface area (Å²) in [4.78, 5) is 36.4. The van der Waals surface area contributed by atoms with E-state index < -0.39 is 23.7 Å². The zero-order valence-electron chi connectivity index (χ0n) is 13.6. The molecule has 1 aromatic carbocycles. The first-order chi connectivity index (χ1) is 12.5. The van der Waals surface area contributed by atoms with Crippen LogP contribution >= 0.6 is 11.8 Å². The van der Waals surface area contributed by atoms with Crippen LogP contribution in [0.5, 0.6) is 0 Å². The predicted octanol–water partition coefficient (Wildman–Crippen LogP) is 3.03. The van der Waals surface area contributed by atoms with Gasteiger partial charge in [0.25, 0.3) is 11.1 Å². The summed E-state index contributed by atoms with van der Waals surface area (Å²) < 4.78 is 10.2. The molecular formula is C18H12N2O5S. The monoisotopic (exact) mass is 368 g/mol. The highest BCUT2D eigenvalue weighted by Gasteiger charge is 2.36. The van der Waals surface area contributed by atoms with E-state index in [4.69, 9.17) is 9.68 Å². The number of hydrogen-bond acceptors (Lipinski definition) is 7. The second kappa shape index (κ2) is 7.29. The zero-order valence-corrected chi connectivity index (χ0v) is 14.4. The maximum Gasteiger partial charge on any atom is 0.325 e. The minimum atomic E-state index is -0.679. The van der Waals surface area contributed by atoms with Gasteiger partial charge in [0.05, 0.1) is 23.6 Å². The number of nitrogens with zero attached hydrogens (tertiary/aromatic N) is 2. The van der Waals surface area contributed by atoms with Crippen LogP contribution in [0.1, 0.15) is 11.3 Å². The van der Waals surface area contributed by atoms with E-state index in [1.165, 1.54) is 13.2 Å². The van der Waals surface area contributed by atoms with Gasteiger partial charge in [-0.25, -0.2) is 0 Å². The molecule has 0 radical (unpaired) electrons. The Morgan fingerprint density at radius 3 is 2.81 bits per heavy atom. The summed E-state index contributed by atoms with van der Waals surface area (Å²) in [6.45, 7) is -0.433. The molecule has 130 valence electrons. The lowest BCUT2D eigenvalue weighted by atomic mass is 10.1. The number of hydrogen-bond donors (Lipinski definition) is 0. The van der Waals surface area contributed by atoms with Gasteiger partial charge in [0.1, 0.15) is 18.1 Å². The molecule has 2 heterocycles. The Labute approximate surface area is 152 Å². The average Bonchev–Trinajstić information content (AvgIpc) is 3.22. The molecule has 2 aromatic rings. The van der Waals surface area contributed by atoms with Crippen LogP contribution in [0.15, 0.2) is 45.7 Å². The Bertz CT molecular complexity index is 970.